The molecule has 0 amide bonds. The van der Waals surface area contributed by atoms with E-state index >= 15 is 0 Å². The predicted octanol–water partition coefficient (Wildman–Crippen LogP) is 2.89. The van der Waals surface area contributed by atoms with Gasteiger partial charge in [0, 0.05) is 31.8 Å². The van der Waals surface area contributed by atoms with Gasteiger partial charge in [0.1, 0.15) is 0 Å². The largest absolute Gasteiger partial charge is 0.381 e. The van der Waals surface area contributed by atoms with Crippen LogP contribution >= 0.6 is 0 Å². The molecule has 2 fully saturated rings. The van der Waals surface area contributed by atoms with Crippen LogP contribution in [-0.2, 0) is 4.74 Å². The molecule has 3 atom stereocenters. The molecule has 118 valence electrons. The van der Waals surface area contributed by atoms with Crippen molar-refractivity contribution in [2.75, 3.05) is 26.8 Å². The average molecular weight is 282 g/mol. The number of rotatable bonds is 3. The van der Waals surface area contributed by atoms with E-state index in [0.717, 1.165) is 19.1 Å². The van der Waals surface area contributed by atoms with Crippen LogP contribution < -0.4 is 5.73 Å². The van der Waals surface area contributed by atoms with Gasteiger partial charge in [-0.3, -0.25) is 0 Å². The summed E-state index contributed by atoms with van der Waals surface area (Å²) in [5.74, 6) is 1.50. The summed E-state index contributed by atoms with van der Waals surface area (Å²) in [6.07, 6.45) is 6.18. The number of nitrogens with zero attached hydrogens (tertiary/aromatic N) is 1. The second-order valence-electron chi connectivity index (χ2n) is 8.08. The molecular weight excluding hydrogens is 248 g/mol. The van der Waals surface area contributed by atoms with Gasteiger partial charge < -0.3 is 15.4 Å². The van der Waals surface area contributed by atoms with Crippen molar-refractivity contribution in [3.05, 3.63) is 0 Å². The summed E-state index contributed by atoms with van der Waals surface area (Å²) >= 11 is 0. The monoisotopic (exact) mass is 282 g/mol. The van der Waals surface area contributed by atoms with Crippen LogP contribution in [0.3, 0.4) is 0 Å². The van der Waals surface area contributed by atoms with E-state index in [9.17, 15) is 0 Å². The Morgan fingerprint density at radius 1 is 1.10 bits per heavy atom. The summed E-state index contributed by atoms with van der Waals surface area (Å²) in [5.41, 5.74) is 6.84. The average Bonchev–Trinajstić information content (AvgIpc) is 2.41. The Bertz CT molecular complexity index is 294. The van der Waals surface area contributed by atoms with Crippen molar-refractivity contribution >= 4 is 0 Å². The normalized spacial score (nSPS) is 33.6. The highest BCUT2D eigenvalue weighted by Gasteiger charge is 2.35. The van der Waals surface area contributed by atoms with E-state index in [1.165, 1.54) is 38.6 Å². The van der Waals surface area contributed by atoms with Crippen molar-refractivity contribution in [3.63, 3.8) is 0 Å². The van der Waals surface area contributed by atoms with Gasteiger partial charge >= 0.3 is 0 Å². The zero-order valence-corrected chi connectivity index (χ0v) is 13.9. The van der Waals surface area contributed by atoms with Crippen molar-refractivity contribution in [1.29, 1.82) is 0 Å². The zero-order valence-electron chi connectivity index (χ0n) is 13.9. The second kappa shape index (κ2) is 6.76. The molecule has 20 heavy (non-hydrogen) atoms. The molecule has 2 aliphatic rings. The molecule has 0 spiro atoms. The molecular formula is C17H34N2O. The first-order chi connectivity index (χ1) is 9.38. The number of hydrogen-bond acceptors (Lipinski definition) is 3. The minimum Gasteiger partial charge on any atom is -0.381 e. The van der Waals surface area contributed by atoms with E-state index in [-0.39, 0.29) is 0 Å². The van der Waals surface area contributed by atoms with Crippen LogP contribution in [0, 0.1) is 17.3 Å². The maximum atomic E-state index is 6.41. The fourth-order valence-electron chi connectivity index (χ4n) is 3.93. The third kappa shape index (κ3) is 4.19. The minimum atomic E-state index is 0.399. The lowest BCUT2D eigenvalue weighted by molar-refractivity contribution is 0.0283. The summed E-state index contributed by atoms with van der Waals surface area (Å²) in [6, 6.07) is 1.10. The maximum absolute atomic E-state index is 6.41. The van der Waals surface area contributed by atoms with E-state index in [0.29, 0.717) is 23.4 Å². The van der Waals surface area contributed by atoms with E-state index in [1.54, 1.807) is 0 Å². The highest BCUT2D eigenvalue weighted by molar-refractivity contribution is 4.89. The van der Waals surface area contributed by atoms with Gasteiger partial charge in [-0.05, 0) is 56.4 Å². The Labute approximate surface area is 125 Å². The highest BCUT2D eigenvalue weighted by atomic mass is 16.5. The fourth-order valence-corrected chi connectivity index (χ4v) is 3.93. The summed E-state index contributed by atoms with van der Waals surface area (Å²) in [7, 11) is 2.28. The van der Waals surface area contributed by atoms with Crippen molar-refractivity contribution < 1.29 is 4.74 Å². The number of nitrogens with two attached hydrogens (primary N) is 1. The molecule has 3 nitrogen and oxygen atoms in total. The second-order valence-corrected chi connectivity index (χ2v) is 8.08. The predicted molar refractivity (Wildman–Crippen MR) is 84.7 cm³/mol. The third-order valence-electron chi connectivity index (χ3n) is 5.60. The van der Waals surface area contributed by atoms with Crippen LogP contribution in [0.4, 0.5) is 0 Å². The molecule has 0 radical (unpaired) electrons. The first-order valence-electron chi connectivity index (χ1n) is 8.41. The van der Waals surface area contributed by atoms with Gasteiger partial charge in [-0.15, -0.1) is 0 Å². The first-order valence-corrected chi connectivity index (χ1v) is 8.41. The van der Waals surface area contributed by atoms with E-state index in [4.69, 9.17) is 10.5 Å². The van der Waals surface area contributed by atoms with Crippen LogP contribution in [0.15, 0.2) is 0 Å². The van der Waals surface area contributed by atoms with Gasteiger partial charge in [0.2, 0.25) is 0 Å². The smallest absolute Gasteiger partial charge is 0.0480 e. The standard InChI is InChI=1S/C17H34N2O/c1-17(2,3)14-5-6-16(18)13(11-14)12-19(4)15-7-9-20-10-8-15/h13-16H,5-12,18H2,1-4H3. The Morgan fingerprint density at radius 3 is 2.35 bits per heavy atom. The van der Waals surface area contributed by atoms with E-state index in [2.05, 4.69) is 32.7 Å². The molecule has 1 saturated carbocycles. The molecule has 0 bridgehead atoms. The Balaban J connectivity index is 1.89. The summed E-state index contributed by atoms with van der Waals surface area (Å²) in [5, 5.41) is 0. The lowest BCUT2D eigenvalue weighted by atomic mass is 9.67. The van der Waals surface area contributed by atoms with Crippen molar-refractivity contribution in [2.45, 2.75) is 65.0 Å². The Hall–Kier alpha value is -0.120. The minimum absolute atomic E-state index is 0.399. The van der Waals surface area contributed by atoms with Crippen LogP contribution in [0.1, 0.15) is 52.9 Å². The van der Waals surface area contributed by atoms with Gasteiger partial charge in [-0.25, -0.2) is 0 Å². The topological polar surface area (TPSA) is 38.5 Å². The van der Waals surface area contributed by atoms with Gasteiger partial charge in [-0.2, -0.15) is 0 Å². The lowest BCUT2D eigenvalue weighted by Crippen LogP contribution is -2.47. The summed E-state index contributed by atoms with van der Waals surface area (Å²) in [4.78, 5) is 2.55. The van der Waals surface area contributed by atoms with E-state index in [1.807, 2.05) is 0 Å². The molecule has 2 N–H and O–H groups in total. The summed E-state index contributed by atoms with van der Waals surface area (Å²) in [6.45, 7) is 10.2. The third-order valence-corrected chi connectivity index (χ3v) is 5.60. The molecule has 2 rings (SSSR count). The summed E-state index contributed by atoms with van der Waals surface area (Å²) < 4.78 is 5.47. The highest BCUT2D eigenvalue weighted by Crippen LogP contribution is 2.40. The van der Waals surface area contributed by atoms with Gasteiger partial charge in [0.25, 0.3) is 0 Å². The van der Waals surface area contributed by atoms with Crippen molar-refractivity contribution in [2.24, 2.45) is 23.0 Å². The fraction of sp³-hybridized carbons (Fsp3) is 1.00. The SMILES string of the molecule is CN(CC1CC(C(C)(C)C)CCC1N)C1CCOCC1. The molecule has 1 aliphatic carbocycles. The van der Waals surface area contributed by atoms with Gasteiger partial charge in [0.15, 0.2) is 0 Å². The van der Waals surface area contributed by atoms with Crippen molar-refractivity contribution in [1.82, 2.24) is 4.90 Å². The molecule has 0 aromatic heterocycles. The van der Waals surface area contributed by atoms with Crippen molar-refractivity contribution in [3.8, 4) is 0 Å². The Morgan fingerprint density at radius 2 is 1.75 bits per heavy atom. The molecule has 1 aliphatic heterocycles. The van der Waals surface area contributed by atoms with Crippen LogP contribution in [0.25, 0.3) is 0 Å². The first kappa shape index (κ1) is 16.3. The lowest BCUT2D eigenvalue weighted by Gasteiger charge is -2.43. The van der Waals surface area contributed by atoms with E-state index < -0.39 is 0 Å². The molecule has 0 aromatic carbocycles. The molecule has 1 saturated heterocycles. The van der Waals surface area contributed by atoms with Gasteiger partial charge in [-0.1, -0.05) is 20.8 Å². The van der Waals surface area contributed by atoms with Gasteiger partial charge in [0.05, 0.1) is 0 Å². The number of ether oxygens (including phenoxy) is 1. The van der Waals surface area contributed by atoms with Crippen LogP contribution in [0.5, 0.6) is 0 Å². The number of hydrogen-bond donors (Lipinski definition) is 1. The zero-order chi connectivity index (χ0) is 14.8. The van der Waals surface area contributed by atoms with Crippen LogP contribution in [0.2, 0.25) is 0 Å². The quantitative estimate of drug-likeness (QED) is 0.865. The molecule has 3 heteroatoms. The molecule has 3 unspecified atom stereocenters. The maximum Gasteiger partial charge on any atom is 0.0480 e. The Kier molecular flexibility index (Phi) is 5.49. The van der Waals surface area contributed by atoms with Crippen LogP contribution in [-0.4, -0.2) is 43.8 Å². The molecule has 1 heterocycles. The molecule has 0 aromatic rings.